The van der Waals surface area contributed by atoms with E-state index in [4.69, 9.17) is 9.47 Å². The molecule has 0 spiro atoms. The molecule has 1 unspecified atom stereocenters. The van der Waals surface area contributed by atoms with Crippen molar-refractivity contribution < 1.29 is 23.9 Å². The molecule has 0 aromatic heterocycles. The maximum absolute atomic E-state index is 12.4. The fraction of sp³-hybridized carbons (Fsp3) is 0.500. The Morgan fingerprint density at radius 3 is 2.48 bits per heavy atom. The van der Waals surface area contributed by atoms with Gasteiger partial charge in [-0.3, -0.25) is 14.4 Å². The van der Waals surface area contributed by atoms with Crippen LogP contribution in [0.3, 0.4) is 0 Å². The standard InChI is InChI=1S/C18H26N2O5/c1-14(18(23)24-3)13-20(11-10-19-15(2)21)17(22)9-12-25-16-7-5-4-6-8-16/h4-8,14H,9-13H2,1-3H3,(H,19,21). The molecule has 0 fully saturated rings. The first-order chi connectivity index (χ1) is 11.9. The van der Waals surface area contributed by atoms with E-state index in [9.17, 15) is 14.4 Å². The van der Waals surface area contributed by atoms with Crippen molar-refractivity contribution in [3.63, 3.8) is 0 Å². The average Bonchev–Trinajstić information content (AvgIpc) is 2.60. The number of hydrogen-bond donors (Lipinski definition) is 1. The van der Waals surface area contributed by atoms with Gasteiger partial charge in [0.1, 0.15) is 5.75 Å². The minimum Gasteiger partial charge on any atom is -0.493 e. The van der Waals surface area contributed by atoms with Gasteiger partial charge in [0.05, 0.1) is 26.1 Å². The second-order valence-electron chi connectivity index (χ2n) is 5.66. The Bertz CT molecular complexity index is 562. The Hall–Kier alpha value is -2.57. The highest BCUT2D eigenvalue weighted by atomic mass is 16.5. The van der Waals surface area contributed by atoms with Crippen molar-refractivity contribution in [2.75, 3.05) is 33.4 Å². The van der Waals surface area contributed by atoms with Crippen LogP contribution in [-0.2, 0) is 19.1 Å². The van der Waals surface area contributed by atoms with Gasteiger partial charge in [-0.15, -0.1) is 0 Å². The summed E-state index contributed by atoms with van der Waals surface area (Å²) in [5.41, 5.74) is 0. The third-order valence-electron chi connectivity index (χ3n) is 3.53. The molecule has 1 rings (SSSR count). The Morgan fingerprint density at radius 1 is 1.20 bits per heavy atom. The first-order valence-electron chi connectivity index (χ1n) is 8.22. The van der Waals surface area contributed by atoms with E-state index in [-0.39, 0.29) is 37.4 Å². The van der Waals surface area contributed by atoms with Crippen LogP contribution in [0.1, 0.15) is 20.3 Å². The molecular weight excluding hydrogens is 324 g/mol. The molecule has 0 heterocycles. The van der Waals surface area contributed by atoms with Gasteiger partial charge < -0.3 is 19.7 Å². The molecule has 138 valence electrons. The SMILES string of the molecule is COC(=O)C(C)CN(CCNC(C)=O)C(=O)CCOc1ccccc1. The van der Waals surface area contributed by atoms with Crippen LogP contribution in [0.25, 0.3) is 0 Å². The first-order valence-corrected chi connectivity index (χ1v) is 8.22. The van der Waals surface area contributed by atoms with Gasteiger partial charge in [0.25, 0.3) is 0 Å². The smallest absolute Gasteiger partial charge is 0.310 e. The van der Waals surface area contributed by atoms with E-state index in [0.29, 0.717) is 18.8 Å². The van der Waals surface area contributed by atoms with Crippen LogP contribution < -0.4 is 10.1 Å². The molecule has 7 nitrogen and oxygen atoms in total. The Kier molecular flexibility index (Phi) is 9.06. The molecule has 0 bridgehead atoms. The summed E-state index contributed by atoms with van der Waals surface area (Å²) in [4.78, 5) is 36.6. The summed E-state index contributed by atoms with van der Waals surface area (Å²) in [6.07, 6.45) is 0.183. The average molecular weight is 350 g/mol. The molecule has 0 saturated heterocycles. The molecule has 25 heavy (non-hydrogen) atoms. The second-order valence-corrected chi connectivity index (χ2v) is 5.66. The topological polar surface area (TPSA) is 84.9 Å². The molecule has 1 N–H and O–H groups in total. The molecule has 1 atom stereocenters. The Labute approximate surface area is 148 Å². The van der Waals surface area contributed by atoms with Crippen molar-refractivity contribution in [2.24, 2.45) is 5.92 Å². The van der Waals surface area contributed by atoms with Crippen LogP contribution in [0.4, 0.5) is 0 Å². The number of ether oxygens (including phenoxy) is 2. The van der Waals surface area contributed by atoms with Crippen molar-refractivity contribution in [3.8, 4) is 5.75 Å². The lowest BCUT2D eigenvalue weighted by Crippen LogP contribution is -2.42. The molecule has 0 radical (unpaired) electrons. The van der Waals surface area contributed by atoms with Crippen LogP contribution in [-0.4, -0.2) is 56.0 Å². The summed E-state index contributed by atoms with van der Waals surface area (Å²) in [5, 5.41) is 2.65. The van der Waals surface area contributed by atoms with E-state index < -0.39 is 5.92 Å². The monoisotopic (exact) mass is 350 g/mol. The first kappa shape index (κ1) is 20.5. The number of amides is 2. The van der Waals surface area contributed by atoms with Gasteiger partial charge in [0, 0.05) is 26.6 Å². The minimum absolute atomic E-state index is 0.142. The van der Waals surface area contributed by atoms with Crippen molar-refractivity contribution >= 4 is 17.8 Å². The van der Waals surface area contributed by atoms with E-state index in [2.05, 4.69) is 5.32 Å². The van der Waals surface area contributed by atoms with Gasteiger partial charge >= 0.3 is 5.97 Å². The summed E-state index contributed by atoms with van der Waals surface area (Å²) < 4.78 is 10.2. The maximum atomic E-state index is 12.4. The summed E-state index contributed by atoms with van der Waals surface area (Å²) in [6.45, 7) is 4.24. The molecule has 0 aliphatic carbocycles. The van der Waals surface area contributed by atoms with E-state index in [1.807, 2.05) is 30.3 Å². The zero-order chi connectivity index (χ0) is 18.7. The number of hydrogen-bond acceptors (Lipinski definition) is 5. The van der Waals surface area contributed by atoms with Crippen LogP contribution in [0, 0.1) is 5.92 Å². The summed E-state index contributed by atoms with van der Waals surface area (Å²) in [6, 6.07) is 9.23. The molecule has 0 aliphatic rings. The van der Waals surface area contributed by atoms with Crippen molar-refractivity contribution in [3.05, 3.63) is 30.3 Å². The number of rotatable bonds is 10. The third kappa shape index (κ3) is 8.19. The van der Waals surface area contributed by atoms with Gasteiger partial charge in [0.2, 0.25) is 11.8 Å². The summed E-state index contributed by atoms with van der Waals surface area (Å²) >= 11 is 0. The van der Waals surface area contributed by atoms with Gasteiger partial charge in [-0.25, -0.2) is 0 Å². The number of nitrogens with one attached hydrogen (secondary N) is 1. The predicted octanol–water partition coefficient (Wildman–Crippen LogP) is 1.23. The highest BCUT2D eigenvalue weighted by Gasteiger charge is 2.21. The van der Waals surface area contributed by atoms with Crippen LogP contribution >= 0.6 is 0 Å². The molecule has 1 aromatic carbocycles. The van der Waals surface area contributed by atoms with E-state index in [0.717, 1.165) is 0 Å². The lowest BCUT2D eigenvalue weighted by molar-refractivity contribution is -0.146. The fourth-order valence-corrected chi connectivity index (χ4v) is 2.22. The quantitative estimate of drug-likeness (QED) is 0.642. The van der Waals surface area contributed by atoms with E-state index in [1.165, 1.54) is 14.0 Å². The molecule has 2 amide bonds. The van der Waals surface area contributed by atoms with Crippen LogP contribution in [0.2, 0.25) is 0 Å². The molecule has 0 saturated carbocycles. The predicted molar refractivity (Wildman–Crippen MR) is 93.0 cm³/mol. The molecule has 1 aromatic rings. The number of methoxy groups -OCH3 is 1. The van der Waals surface area contributed by atoms with Crippen molar-refractivity contribution in [1.29, 1.82) is 0 Å². The minimum atomic E-state index is -0.443. The summed E-state index contributed by atoms with van der Waals surface area (Å²) in [7, 11) is 1.32. The second kappa shape index (κ2) is 11.1. The number of benzene rings is 1. The number of carbonyl (C=O) groups is 3. The zero-order valence-electron chi connectivity index (χ0n) is 15.0. The van der Waals surface area contributed by atoms with Crippen LogP contribution in [0.5, 0.6) is 5.75 Å². The maximum Gasteiger partial charge on any atom is 0.310 e. The molecular formula is C18H26N2O5. The Morgan fingerprint density at radius 2 is 1.88 bits per heavy atom. The highest BCUT2D eigenvalue weighted by molar-refractivity contribution is 5.78. The fourth-order valence-electron chi connectivity index (χ4n) is 2.22. The third-order valence-corrected chi connectivity index (χ3v) is 3.53. The molecule has 7 heteroatoms. The van der Waals surface area contributed by atoms with Crippen LogP contribution in [0.15, 0.2) is 30.3 Å². The largest absolute Gasteiger partial charge is 0.493 e. The number of para-hydroxylation sites is 1. The summed E-state index contributed by atoms with van der Waals surface area (Å²) in [5.74, 6) is -0.430. The molecule has 0 aliphatic heterocycles. The van der Waals surface area contributed by atoms with E-state index >= 15 is 0 Å². The lowest BCUT2D eigenvalue weighted by atomic mass is 10.1. The van der Waals surface area contributed by atoms with Gasteiger partial charge in [-0.05, 0) is 12.1 Å². The normalized spacial score (nSPS) is 11.3. The van der Waals surface area contributed by atoms with Gasteiger partial charge in [-0.2, -0.15) is 0 Å². The van der Waals surface area contributed by atoms with Gasteiger partial charge in [0.15, 0.2) is 0 Å². The Balaban J connectivity index is 2.54. The number of nitrogens with zero attached hydrogens (tertiary/aromatic N) is 1. The van der Waals surface area contributed by atoms with Gasteiger partial charge in [-0.1, -0.05) is 25.1 Å². The zero-order valence-corrected chi connectivity index (χ0v) is 15.0. The van der Waals surface area contributed by atoms with E-state index in [1.54, 1.807) is 11.8 Å². The van der Waals surface area contributed by atoms with Crippen molar-refractivity contribution in [1.82, 2.24) is 10.2 Å². The lowest BCUT2D eigenvalue weighted by Gasteiger charge is -2.25. The highest BCUT2D eigenvalue weighted by Crippen LogP contribution is 2.09. The number of esters is 1. The van der Waals surface area contributed by atoms with Crippen molar-refractivity contribution in [2.45, 2.75) is 20.3 Å². The number of carbonyl (C=O) groups excluding carboxylic acids is 3.